The van der Waals surface area contributed by atoms with Gasteiger partial charge >= 0.3 is 0 Å². The van der Waals surface area contributed by atoms with Gasteiger partial charge < -0.3 is 5.32 Å². The molecular formula is C17H23N3. The third-order valence-electron chi connectivity index (χ3n) is 4.52. The summed E-state index contributed by atoms with van der Waals surface area (Å²) in [5.41, 5.74) is 4.42. The smallest absolute Gasteiger partial charge is 0.0521 e. The summed E-state index contributed by atoms with van der Waals surface area (Å²) in [6.07, 6.45) is 8.82. The summed E-state index contributed by atoms with van der Waals surface area (Å²) >= 11 is 0. The molecule has 0 saturated carbocycles. The molecule has 1 aliphatic rings. The van der Waals surface area contributed by atoms with E-state index < -0.39 is 0 Å². The van der Waals surface area contributed by atoms with Crippen molar-refractivity contribution in [3.63, 3.8) is 0 Å². The molecule has 2 aromatic rings. The van der Waals surface area contributed by atoms with Crippen LogP contribution in [0, 0.1) is 5.92 Å². The summed E-state index contributed by atoms with van der Waals surface area (Å²) in [6, 6.07) is 9.46. The van der Waals surface area contributed by atoms with Crippen LogP contribution in [0.3, 0.4) is 0 Å². The largest absolute Gasteiger partial charge is 0.317 e. The monoisotopic (exact) mass is 269 g/mol. The van der Waals surface area contributed by atoms with Gasteiger partial charge in [-0.3, -0.25) is 4.68 Å². The van der Waals surface area contributed by atoms with Crippen LogP contribution in [0.15, 0.2) is 36.7 Å². The molecule has 0 fully saturated rings. The maximum atomic E-state index is 4.25. The van der Waals surface area contributed by atoms with Crippen molar-refractivity contribution < 1.29 is 0 Å². The summed E-state index contributed by atoms with van der Waals surface area (Å²) in [5.74, 6) is 0.731. The number of nitrogens with zero attached hydrogens (tertiary/aromatic N) is 2. The van der Waals surface area contributed by atoms with Crippen molar-refractivity contribution in [2.24, 2.45) is 13.0 Å². The van der Waals surface area contributed by atoms with Crippen molar-refractivity contribution in [3.8, 4) is 0 Å². The Morgan fingerprint density at radius 1 is 1.30 bits per heavy atom. The molecule has 1 N–H and O–H groups in total. The summed E-state index contributed by atoms with van der Waals surface area (Å²) in [6.45, 7) is 0. The number of benzene rings is 1. The molecule has 3 nitrogen and oxygen atoms in total. The summed E-state index contributed by atoms with van der Waals surface area (Å²) in [7, 11) is 4.07. The van der Waals surface area contributed by atoms with Crippen molar-refractivity contribution in [1.82, 2.24) is 15.1 Å². The Kier molecular flexibility index (Phi) is 3.88. The van der Waals surface area contributed by atoms with Crippen LogP contribution in [0.2, 0.25) is 0 Å². The van der Waals surface area contributed by atoms with Gasteiger partial charge in [0.25, 0.3) is 0 Å². The Morgan fingerprint density at radius 3 is 2.55 bits per heavy atom. The van der Waals surface area contributed by atoms with Crippen LogP contribution in [-0.2, 0) is 26.3 Å². The minimum Gasteiger partial charge on any atom is -0.317 e. The zero-order chi connectivity index (χ0) is 13.9. The number of hydrogen-bond acceptors (Lipinski definition) is 2. The van der Waals surface area contributed by atoms with Gasteiger partial charge in [-0.25, -0.2) is 0 Å². The van der Waals surface area contributed by atoms with Crippen LogP contribution < -0.4 is 5.32 Å². The van der Waals surface area contributed by atoms with E-state index in [9.17, 15) is 0 Å². The van der Waals surface area contributed by atoms with Crippen LogP contribution in [0.25, 0.3) is 0 Å². The van der Waals surface area contributed by atoms with E-state index in [1.54, 1.807) is 11.1 Å². The van der Waals surface area contributed by atoms with Crippen LogP contribution in [0.4, 0.5) is 0 Å². The minimum absolute atomic E-state index is 0.586. The van der Waals surface area contributed by atoms with Gasteiger partial charge in [-0.2, -0.15) is 5.10 Å². The van der Waals surface area contributed by atoms with E-state index in [4.69, 9.17) is 0 Å². The van der Waals surface area contributed by atoms with Gasteiger partial charge in [-0.05, 0) is 55.3 Å². The predicted molar refractivity (Wildman–Crippen MR) is 81.7 cm³/mol. The lowest BCUT2D eigenvalue weighted by Gasteiger charge is -2.22. The summed E-state index contributed by atoms with van der Waals surface area (Å²) in [4.78, 5) is 0. The number of fused-ring (bicyclic) bond motifs is 1. The lowest BCUT2D eigenvalue weighted by Crippen LogP contribution is -2.34. The molecule has 1 aliphatic carbocycles. The van der Waals surface area contributed by atoms with E-state index >= 15 is 0 Å². The van der Waals surface area contributed by atoms with Gasteiger partial charge in [-0.15, -0.1) is 0 Å². The minimum atomic E-state index is 0.586. The average molecular weight is 269 g/mol. The van der Waals surface area contributed by atoms with Gasteiger partial charge in [0, 0.05) is 19.3 Å². The van der Waals surface area contributed by atoms with Crippen molar-refractivity contribution in [3.05, 3.63) is 53.3 Å². The van der Waals surface area contributed by atoms with Crippen molar-refractivity contribution in [1.29, 1.82) is 0 Å². The SMILES string of the molecule is CNC(CCc1cnn(C)c1)C1Cc2ccccc2C1. The Balaban J connectivity index is 1.61. The third kappa shape index (κ3) is 2.78. The Labute approximate surface area is 121 Å². The molecule has 1 unspecified atom stereocenters. The molecule has 0 amide bonds. The number of aromatic nitrogens is 2. The van der Waals surface area contributed by atoms with Crippen LogP contribution in [0.1, 0.15) is 23.1 Å². The first-order valence-corrected chi connectivity index (χ1v) is 7.48. The fourth-order valence-electron chi connectivity index (χ4n) is 3.42. The highest BCUT2D eigenvalue weighted by molar-refractivity contribution is 5.32. The van der Waals surface area contributed by atoms with Crippen LogP contribution >= 0.6 is 0 Å². The molecular weight excluding hydrogens is 246 g/mol. The first kappa shape index (κ1) is 13.4. The van der Waals surface area contributed by atoms with E-state index in [2.05, 4.69) is 47.9 Å². The lowest BCUT2D eigenvalue weighted by molar-refractivity contribution is 0.365. The second kappa shape index (κ2) is 5.80. The standard InChI is InChI=1S/C17H23N3/c1-18-17(8-7-13-11-19-20(2)12-13)16-9-14-5-3-4-6-15(14)10-16/h3-6,11-12,16-18H,7-10H2,1-2H3. The highest BCUT2D eigenvalue weighted by Gasteiger charge is 2.27. The molecule has 0 radical (unpaired) electrons. The normalized spacial score (nSPS) is 16.3. The maximum absolute atomic E-state index is 4.25. The quantitative estimate of drug-likeness (QED) is 0.903. The van der Waals surface area contributed by atoms with E-state index in [1.165, 1.54) is 24.8 Å². The van der Waals surface area contributed by atoms with E-state index in [0.717, 1.165) is 12.3 Å². The molecule has 0 saturated heterocycles. The molecule has 1 heterocycles. The first-order chi connectivity index (χ1) is 9.76. The Morgan fingerprint density at radius 2 is 2.00 bits per heavy atom. The molecule has 3 heteroatoms. The zero-order valence-electron chi connectivity index (χ0n) is 12.3. The van der Waals surface area contributed by atoms with Gasteiger partial charge in [0.05, 0.1) is 6.20 Å². The topological polar surface area (TPSA) is 29.9 Å². The van der Waals surface area contributed by atoms with E-state index in [-0.39, 0.29) is 0 Å². The Hall–Kier alpha value is -1.61. The third-order valence-corrected chi connectivity index (χ3v) is 4.52. The average Bonchev–Trinajstić information content (AvgIpc) is 3.05. The predicted octanol–water partition coefficient (Wildman–Crippen LogP) is 2.36. The number of hydrogen-bond donors (Lipinski definition) is 1. The number of aryl methyl sites for hydroxylation is 2. The zero-order valence-corrected chi connectivity index (χ0v) is 12.3. The van der Waals surface area contributed by atoms with Gasteiger partial charge in [-0.1, -0.05) is 24.3 Å². The maximum Gasteiger partial charge on any atom is 0.0521 e. The van der Waals surface area contributed by atoms with Gasteiger partial charge in [0.2, 0.25) is 0 Å². The number of nitrogens with one attached hydrogen (secondary N) is 1. The molecule has 0 spiro atoms. The number of rotatable bonds is 5. The van der Waals surface area contributed by atoms with E-state index in [0.29, 0.717) is 6.04 Å². The highest BCUT2D eigenvalue weighted by Crippen LogP contribution is 2.30. The van der Waals surface area contributed by atoms with Crippen LogP contribution in [0.5, 0.6) is 0 Å². The van der Waals surface area contributed by atoms with Crippen molar-refractivity contribution in [2.75, 3.05) is 7.05 Å². The molecule has 1 aromatic heterocycles. The van der Waals surface area contributed by atoms with Crippen molar-refractivity contribution in [2.45, 2.75) is 31.7 Å². The molecule has 0 bridgehead atoms. The van der Waals surface area contributed by atoms with Crippen molar-refractivity contribution >= 4 is 0 Å². The van der Waals surface area contributed by atoms with Crippen LogP contribution in [-0.4, -0.2) is 22.9 Å². The summed E-state index contributed by atoms with van der Waals surface area (Å²) in [5, 5.41) is 7.78. The lowest BCUT2D eigenvalue weighted by atomic mass is 9.92. The van der Waals surface area contributed by atoms with Gasteiger partial charge in [0.1, 0.15) is 0 Å². The fourth-order valence-corrected chi connectivity index (χ4v) is 3.42. The molecule has 1 atom stereocenters. The van der Waals surface area contributed by atoms with Gasteiger partial charge in [0.15, 0.2) is 0 Å². The molecule has 3 rings (SSSR count). The van der Waals surface area contributed by atoms with E-state index in [1.807, 2.05) is 17.9 Å². The highest BCUT2D eigenvalue weighted by atomic mass is 15.2. The first-order valence-electron chi connectivity index (χ1n) is 7.48. The molecule has 20 heavy (non-hydrogen) atoms. The summed E-state index contributed by atoms with van der Waals surface area (Å²) < 4.78 is 1.88. The molecule has 106 valence electrons. The second-order valence-electron chi connectivity index (χ2n) is 5.89. The molecule has 0 aliphatic heterocycles. The Bertz CT molecular complexity index is 548. The molecule has 1 aromatic carbocycles. The second-order valence-corrected chi connectivity index (χ2v) is 5.89. The fraction of sp³-hybridized carbons (Fsp3) is 0.471.